The van der Waals surface area contributed by atoms with Gasteiger partial charge in [-0.05, 0) is 62.1 Å². The van der Waals surface area contributed by atoms with E-state index in [1.54, 1.807) is 24.3 Å². The van der Waals surface area contributed by atoms with E-state index in [1.165, 1.54) is 16.4 Å². The molecule has 0 aliphatic carbocycles. The number of nitrogens with zero attached hydrogens (tertiary/aromatic N) is 1. The van der Waals surface area contributed by atoms with Gasteiger partial charge in [0.25, 0.3) is 0 Å². The molecule has 0 bridgehead atoms. The largest absolute Gasteiger partial charge is 0.348 e. The van der Waals surface area contributed by atoms with Crippen molar-refractivity contribution < 1.29 is 18.0 Å². The molecular weight excluding hydrogens is 438 g/mol. The second-order valence-corrected chi connectivity index (χ2v) is 9.86. The van der Waals surface area contributed by atoms with Gasteiger partial charge < -0.3 is 10.6 Å². The van der Waals surface area contributed by atoms with Crippen LogP contribution in [0.1, 0.15) is 31.2 Å². The zero-order valence-corrected chi connectivity index (χ0v) is 18.9. The fraction of sp³-hybridized carbons (Fsp3) is 0.364. The second kappa shape index (κ2) is 10.3. The van der Waals surface area contributed by atoms with Crippen molar-refractivity contribution in [3.05, 3.63) is 59.1 Å². The highest BCUT2D eigenvalue weighted by molar-refractivity contribution is 7.89. The Hall–Kier alpha value is -2.42. The highest BCUT2D eigenvalue weighted by Gasteiger charge is 2.33. The van der Waals surface area contributed by atoms with Crippen LogP contribution in [0.5, 0.6) is 0 Å². The Morgan fingerprint density at radius 1 is 1.06 bits per heavy atom. The maximum Gasteiger partial charge on any atom is 0.313 e. The molecule has 0 spiro atoms. The summed E-state index contributed by atoms with van der Waals surface area (Å²) in [6, 6.07) is 13.1. The number of aryl methyl sites for hydroxylation is 1. The summed E-state index contributed by atoms with van der Waals surface area (Å²) in [5.74, 6) is -1.49. The minimum absolute atomic E-state index is 0.199. The van der Waals surface area contributed by atoms with Gasteiger partial charge >= 0.3 is 11.8 Å². The first kappa shape index (κ1) is 23.2. The van der Waals surface area contributed by atoms with Crippen molar-refractivity contribution >= 4 is 39.1 Å². The summed E-state index contributed by atoms with van der Waals surface area (Å²) in [6.45, 7) is 2.47. The zero-order chi connectivity index (χ0) is 22.4. The van der Waals surface area contributed by atoms with Crippen molar-refractivity contribution in [3.8, 4) is 0 Å². The molecule has 0 saturated carbocycles. The molecule has 1 heterocycles. The molecule has 2 aromatic carbocycles. The standard InChI is InChI=1S/C22H26ClN3O4S/c1-16-6-2-3-8-20(16)25-22(28)21(27)24-14-13-18-7-4-5-15-26(18)31(29,30)19-11-9-17(23)10-12-19/h2-3,6,8-12,18H,4-5,7,13-15H2,1H3,(H,24,27)(H,25,28)/t18-/m0/s1. The van der Waals surface area contributed by atoms with Crippen LogP contribution in [0.3, 0.4) is 0 Å². The maximum absolute atomic E-state index is 13.1. The molecule has 1 aliphatic heterocycles. The van der Waals surface area contributed by atoms with Crippen LogP contribution in [0.15, 0.2) is 53.4 Å². The minimum atomic E-state index is -3.66. The molecule has 31 heavy (non-hydrogen) atoms. The summed E-state index contributed by atoms with van der Waals surface area (Å²) in [7, 11) is -3.66. The van der Waals surface area contributed by atoms with Gasteiger partial charge in [-0.3, -0.25) is 9.59 Å². The molecule has 1 atom stereocenters. The minimum Gasteiger partial charge on any atom is -0.348 e. The number of benzene rings is 2. The first-order valence-corrected chi connectivity index (χ1v) is 12.0. The lowest BCUT2D eigenvalue weighted by Crippen LogP contribution is -2.45. The molecule has 0 unspecified atom stereocenters. The molecule has 2 N–H and O–H groups in total. The summed E-state index contributed by atoms with van der Waals surface area (Å²) in [5, 5.41) is 5.66. The van der Waals surface area contributed by atoms with Gasteiger partial charge in [-0.25, -0.2) is 8.42 Å². The van der Waals surface area contributed by atoms with Crippen LogP contribution in [-0.4, -0.2) is 43.7 Å². The van der Waals surface area contributed by atoms with Crippen molar-refractivity contribution in [1.29, 1.82) is 0 Å². The average Bonchev–Trinajstić information content (AvgIpc) is 2.76. The highest BCUT2D eigenvalue weighted by atomic mass is 35.5. The number of anilines is 1. The molecule has 2 amide bonds. The van der Waals surface area contributed by atoms with E-state index in [0.29, 0.717) is 30.1 Å². The Labute approximate surface area is 187 Å². The lowest BCUT2D eigenvalue weighted by atomic mass is 10.0. The number of halogens is 1. The van der Waals surface area contributed by atoms with Gasteiger partial charge in [0.15, 0.2) is 0 Å². The van der Waals surface area contributed by atoms with Gasteiger partial charge in [0, 0.05) is 29.8 Å². The summed E-state index contributed by atoms with van der Waals surface area (Å²) >= 11 is 5.88. The van der Waals surface area contributed by atoms with E-state index in [9.17, 15) is 18.0 Å². The van der Waals surface area contributed by atoms with Gasteiger partial charge in [-0.2, -0.15) is 4.31 Å². The zero-order valence-electron chi connectivity index (χ0n) is 17.3. The molecular formula is C22H26ClN3O4S. The van der Waals surface area contributed by atoms with Gasteiger partial charge in [-0.15, -0.1) is 0 Å². The first-order valence-electron chi connectivity index (χ1n) is 10.2. The molecule has 166 valence electrons. The Kier molecular flexibility index (Phi) is 7.69. The number of hydrogen-bond donors (Lipinski definition) is 2. The smallest absolute Gasteiger partial charge is 0.313 e. The Bertz CT molecular complexity index is 1040. The lowest BCUT2D eigenvalue weighted by molar-refractivity contribution is -0.136. The number of piperidine rings is 1. The van der Waals surface area contributed by atoms with Crippen LogP contribution in [0.4, 0.5) is 5.69 Å². The van der Waals surface area contributed by atoms with E-state index in [1.807, 2.05) is 19.1 Å². The Morgan fingerprint density at radius 2 is 1.77 bits per heavy atom. The van der Waals surface area contributed by atoms with Crippen molar-refractivity contribution in [2.24, 2.45) is 0 Å². The summed E-state index contributed by atoms with van der Waals surface area (Å²) in [5.41, 5.74) is 1.43. The van der Waals surface area contributed by atoms with Crippen LogP contribution in [0.2, 0.25) is 5.02 Å². The topological polar surface area (TPSA) is 95.6 Å². The number of carbonyl (C=O) groups excluding carboxylic acids is 2. The number of rotatable bonds is 6. The molecule has 7 nitrogen and oxygen atoms in total. The maximum atomic E-state index is 13.1. The summed E-state index contributed by atoms with van der Waals surface area (Å²) in [6.07, 6.45) is 2.84. The number of hydrogen-bond acceptors (Lipinski definition) is 4. The van der Waals surface area contributed by atoms with Crippen LogP contribution >= 0.6 is 11.6 Å². The van der Waals surface area contributed by atoms with Gasteiger partial charge in [0.1, 0.15) is 0 Å². The second-order valence-electron chi connectivity index (χ2n) is 7.53. The third-order valence-electron chi connectivity index (χ3n) is 5.36. The number of nitrogens with one attached hydrogen (secondary N) is 2. The quantitative estimate of drug-likeness (QED) is 0.642. The summed E-state index contributed by atoms with van der Waals surface area (Å²) in [4.78, 5) is 24.5. The van der Waals surface area contributed by atoms with Crippen LogP contribution in [0.25, 0.3) is 0 Å². The van der Waals surface area contributed by atoms with E-state index in [-0.39, 0.29) is 17.5 Å². The van der Waals surface area contributed by atoms with Crippen LogP contribution < -0.4 is 10.6 Å². The van der Waals surface area contributed by atoms with Crippen molar-refractivity contribution in [2.75, 3.05) is 18.4 Å². The number of amides is 2. The molecule has 9 heteroatoms. The molecule has 2 aromatic rings. The van der Waals surface area contributed by atoms with Gasteiger partial charge in [0.2, 0.25) is 10.0 Å². The molecule has 0 aromatic heterocycles. The van der Waals surface area contributed by atoms with E-state index in [4.69, 9.17) is 11.6 Å². The number of sulfonamides is 1. The highest BCUT2D eigenvalue weighted by Crippen LogP contribution is 2.27. The SMILES string of the molecule is Cc1ccccc1NC(=O)C(=O)NCC[C@@H]1CCCCN1S(=O)(=O)c1ccc(Cl)cc1. The normalized spacial score (nSPS) is 17.2. The van der Waals surface area contributed by atoms with Crippen molar-refractivity contribution in [3.63, 3.8) is 0 Å². The van der Waals surface area contributed by atoms with Crippen LogP contribution in [-0.2, 0) is 19.6 Å². The third-order valence-corrected chi connectivity index (χ3v) is 7.57. The third kappa shape index (κ3) is 5.84. The number of para-hydroxylation sites is 1. The fourth-order valence-corrected chi connectivity index (χ4v) is 5.50. The average molecular weight is 464 g/mol. The van der Waals surface area contributed by atoms with Crippen molar-refractivity contribution in [2.45, 2.75) is 43.5 Å². The molecule has 1 aliphatic rings. The van der Waals surface area contributed by atoms with Crippen LogP contribution in [0, 0.1) is 6.92 Å². The van der Waals surface area contributed by atoms with E-state index < -0.39 is 21.8 Å². The molecule has 3 rings (SSSR count). The van der Waals surface area contributed by atoms with E-state index in [2.05, 4.69) is 10.6 Å². The molecule has 0 radical (unpaired) electrons. The fourth-order valence-electron chi connectivity index (χ4n) is 3.65. The van der Waals surface area contributed by atoms with Gasteiger partial charge in [-0.1, -0.05) is 36.2 Å². The lowest BCUT2D eigenvalue weighted by Gasteiger charge is -2.34. The van der Waals surface area contributed by atoms with E-state index in [0.717, 1.165) is 18.4 Å². The predicted molar refractivity (Wildman–Crippen MR) is 120 cm³/mol. The monoisotopic (exact) mass is 463 g/mol. The Morgan fingerprint density at radius 3 is 2.48 bits per heavy atom. The summed E-state index contributed by atoms with van der Waals surface area (Å²) < 4.78 is 27.7. The van der Waals surface area contributed by atoms with Gasteiger partial charge in [0.05, 0.1) is 4.90 Å². The van der Waals surface area contributed by atoms with E-state index >= 15 is 0 Å². The Balaban J connectivity index is 1.58. The van der Waals surface area contributed by atoms with Crippen molar-refractivity contribution in [1.82, 2.24) is 9.62 Å². The molecule has 1 fully saturated rings. The molecule has 1 saturated heterocycles. The number of carbonyl (C=O) groups is 2. The first-order chi connectivity index (χ1) is 14.8. The predicted octanol–water partition coefficient (Wildman–Crippen LogP) is 3.34.